The van der Waals surface area contributed by atoms with Gasteiger partial charge in [-0.25, -0.2) is 4.79 Å². The molecular weight excluding hydrogens is 699 g/mol. The number of carboxylic acids is 1. The SMILES string of the molecule is CCOCC(=O)Nc1c(I)c(C(=O)O)c(I)c(C(=O)NCC(=O)NC)c1I. The van der Waals surface area contributed by atoms with Crippen LogP contribution in [0.25, 0.3) is 0 Å². The molecule has 3 amide bonds. The highest BCUT2D eigenvalue weighted by Crippen LogP contribution is 2.35. The molecule has 0 aliphatic rings. The van der Waals surface area contributed by atoms with Crippen molar-refractivity contribution in [3.05, 3.63) is 21.8 Å². The Labute approximate surface area is 196 Å². The maximum atomic E-state index is 12.6. The van der Waals surface area contributed by atoms with Crippen LogP contribution in [0.5, 0.6) is 0 Å². The van der Waals surface area contributed by atoms with Crippen molar-refractivity contribution < 1.29 is 29.0 Å². The van der Waals surface area contributed by atoms with E-state index in [4.69, 9.17) is 4.74 Å². The number of aromatic carboxylic acids is 1. The summed E-state index contributed by atoms with van der Waals surface area (Å²) in [5, 5.41) is 17.0. The molecule has 12 heteroatoms. The van der Waals surface area contributed by atoms with Crippen molar-refractivity contribution in [2.75, 3.05) is 32.1 Å². The minimum absolute atomic E-state index is 0.0737. The van der Waals surface area contributed by atoms with Crippen molar-refractivity contribution in [3.63, 3.8) is 0 Å². The van der Waals surface area contributed by atoms with Crippen molar-refractivity contribution in [2.45, 2.75) is 6.92 Å². The van der Waals surface area contributed by atoms with Gasteiger partial charge in [-0.15, -0.1) is 0 Å². The van der Waals surface area contributed by atoms with Crippen molar-refractivity contribution in [1.82, 2.24) is 10.6 Å². The lowest BCUT2D eigenvalue weighted by Gasteiger charge is -2.18. The van der Waals surface area contributed by atoms with Gasteiger partial charge in [0.25, 0.3) is 5.91 Å². The van der Waals surface area contributed by atoms with Gasteiger partial charge in [0.2, 0.25) is 11.8 Å². The Hall–Kier alpha value is -0.750. The van der Waals surface area contributed by atoms with Crippen LogP contribution in [0.15, 0.2) is 0 Å². The van der Waals surface area contributed by atoms with Gasteiger partial charge < -0.3 is 25.8 Å². The molecule has 1 aromatic carbocycles. The minimum Gasteiger partial charge on any atom is -0.478 e. The molecule has 0 aliphatic heterocycles. The van der Waals surface area contributed by atoms with E-state index in [1.807, 2.05) is 45.2 Å². The Balaban J connectivity index is 3.41. The summed E-state index contributed by atoms with van der Waals surface area (Å²) in [4.78, 5) is 47.7. The lowest BCUT2D eigenvalue weighted by molar-refractivity contribution is -0.120. The summed E-state index contributed by atoms with van der Waals surface area (Å²) < 4.78 is 5.92. The number of halogens is 3. The van der Waals surface area contributed by atoms with Gasteiger partial charge in [0.15, 0.2) is 0 Å². The number of carbonyl (C=O) groups is 4. The van der Waals surface area contributed by atoms with Crippen LogP contribution in [-0.4, -0.2) is 55.6 Å². The standard InChI is InChI=1S/C15H16I3N3O6/c1-3-27-5-7(23)21-13-11(17)8(14(24)20-4-6(22)19-2)10(16)9(12(13)18)15(25)26/h3-5H2,1-2H3,(H,19,22)(H,20,24)(H,21,23)(H,25,26). The van der Waals surface area contributed by atoms with Gasteiger partial charge in [-0.05, 0) is 74.7 Å². The van der Waals surface area contributed by atoms with Gasteiger partial charge in [-0.3, -0.25) is 14.4 Å². The van der Waals surface area contributed by atoms with Gasteiger partial charge in [-0.1, -0.05) is 0 Å². The zero-order valence-corrected chi connectivity index (χ0v) is 20.7. The van der Waals surface area contributed by atoms with Crippen LogP contribution in [0, 0.1) is 10.7 Å². The van der Waals surface area contributed by atoms with Gasteiger partial charge in [0, 0.05) is 17.2 Å². The average Bonchev–Trinajstić information content (AvgIpc) is 2.61. The molecule has 0 aliphatic carbocycles. The average molecular weight is 715 g/mol. The van der Waals surface area contributed by atoms with E-state index in [-0.39, 0.29) is 33.5 Å². The van der Waals surface area contributed by atoms with E-state index in [9.17, 15) is 24.3 Å². The topological polar surface area (TPSA) is 134 Å². The second kappa shape index (κ2) is 11.3. The van der Waals surface area contributed by atoms with E-state index in [1.165, 1.54) is 7.05 Å². The van der Waals surface area contributed by atoms with Gasteiger partial charge in [0.05, 0.1) is 30.5 Å². The van der Waals surface area contributed by atoms with Crippen LogP contribution in [0.1, 0.15) is 27.6 Å². The second-order valence-corrected chi connectivity index (χ2v) is 8.15. The Morgan fingerprint density at radius 3 is 2.11 bits per heavy atom. The lowest BCUT2D eigenvalue weighted by atomic mass is 10.1. The van der Waals surface area contributed by atoms with E-state index in [0.717, 1.165) is 0 Å². The maximum Gasteiger partial charge on any atom is 0.337 e. The summed E-state index contributed by atoms with van der Waals surface area (Å²) in [5.74, 6) is -2.73. The molecule has 27 heavy (non-hydrogen) atoms. The normalized spacial score (nSPS) is 10.3. The number of rotatable bonds is 8. The molecule has 0 unspecified atom stereocenters. The summed E-state index contributed by atoms with van der Waals surface area (Å²) >= 11 is 5.45. The first-order valence-corrected chi connectivity index (χ1v) is 10.7. The van der Waals surface area contributed by atoms with Crippen LogP contribution in [0.2, 0.25) is 0 Å². The molecule has 0 radical (unpaired) electrons. The summed E-state index contributed by atoms with van der Waals surface area (Å²) in [6.45, 7) is 1.63. The molecule has 9 nitrogen and oxygen atoms in total. The van der Waals surface area contributed by atoms with Crippen molar-refractivity contribution >= 4 is 97.2 Å². The highest BCUT2D eigenvalue weighted by atomic mass is 127. The Morgan fingerprint density at radius 1 is 1.00 bits per heavy atom. The van der Waals surface area contributed by atoms with Crippen molar-refractivity contribution in [2.24, 2.45) is 0 Å². The smallest absolute Gasteiger partial charge is 0.337 e. The Morgan fingerprint density at radius 2 is 1.59 bits per heavy atom. The molecule has 148 valence electrons. The van der Waals surface area contributed by atoms with Crippen LogP contribution in [0.4, 0.5) is 5.69 Å². The number of anilines is 1. The zero-order valence-electron chi connectivity index (χ0n) is 14.2. The molecule has 0 heterocycles. The Bertz CT molecular complexity index is 785. The maximum absolute atomic E-state index is 12.6. The predicted molar refractivity (Wildman–Crippen MR) is 123 cm³/mol. The molecule has 4 N–H and O–H groups in total. The third-order valence-electron chi connectivity index (χ3n) is 3.15. The van der Waals surface area contributed by atoms with Crippen LogP contribution in [0.3, 0.4) is 0 Å². The monoisotopic (exact) mass is 715 g/mol. The zero-order chi connectivity index (χ0) is 20.7. The third-order valence-corrected chi connectivity index (χ3v) is 6.38. The summed E-state index contributed by atoms with van der Waals surface area (Å²) in [6, 6.07) is 0. The molecule has 1 aromatic rings. The number of ether oxygens (including phenoxy) is 1. The summed E-state index contributed by atoms with van der Waals surface area (Å²) in [7, 11) is 1.43. The number of amides is 3. The summed E-state index contributed by atoms with van der Waals surface area (Å²) in [6.07, 6.45) is 0. The van der Waals surface area contributed by atoms with E-state index in [2.05, 4.69) is 16.0 Å². The molecular formula is C15H16I3N3O6. The van der Waals surface area contributed by atoms with E-state index in [0.29, 0.717) is 13.7 Å². The van der Waals surface area contributed by atoms with Crippen molar-refractivity contribution in [1.29, 1.82) is 0 Å². The molecule has 0 bridgehead atoms. The number of carbonyl (C=O) groups excluding carboxylic acids is 3. The molecule has 0 atom stereocenters. The van der Waals surface area contributed by atoms with Gasteiger partial charge in [0.1, 0.15) is 6.61 Å². The fraction of sp³-hybridized carbons (Fsp3) is 0.333. The first-order chi connectivity index (χ1) is 12.6. The number of benzene rings is 1. The van der Waals surface area contributed by atoms with Crippen molar-refractivity contribution in [3.8, 4) is 0 Å². The summed E-state index contributed by atoms with van der Waals surface area (Å²) in [5.41, 5.74) is 0.182. The lowest BCUT2D eigenvalue weighted by Crippen LogP contribution is -2.36. The van der Waals surface area contributed by atoms with E-state index >= 15 is 0 Å². The molecule has 0 saturated heterocycles. The number of hydrogen-bond acceptors (Lipinski definition) is 5. The van der Waals surface area contributed by atoms with Gasteiger partial charge in [-0.2, -0.15) is 0 Å². The second-order valence-electron chi connectivity index (χ2n) is 4.91. The number of carboxylic acid groups (broad SMARTS) is 1. The largest absolute Gasteiger partial charge is 0.478 e. The number of nitrogens with one attached hydrogen (secondary N) is 3. The molecule has 0 aromatic heterocycles. The van der Waals surface area contributed by atoms with Crippen LogP contribution in [-0.2, 0) is 14.3 Å². The predicted octanol–water partition coefficient (Wildman–Crippen LogP) is 1.65. The quantitative estimate of drug-likeness (QED) is 0.303. The molecule has 1 rings (SSSR count). The van der Waals surface area contributed by atoms with Crippen LogP contribution < -0.4 is 16.0 Å². The fourth-order valence-corrected chi connectivity index (χ4v) is 6.26. The minimum atomic E-state index is -1.24. The number of hydrogen-bond donors (Lipinski definition) is 4. The van der Waals surface area contributed by atoms with Gasteiger partial charge >= 0.3 is 5.97 Å². The number of likely N-dealkylation sites (N-methyl/N-ethyl adjacent to an activating group) is 1. The highest BCUT2D eigenvalue weighted by molar-refractivity contribution is 14.1. The van der Waals surface area contributed by atoms with E-state index in [1.54, 1.807) is 29.5 Å². The third kappa shape index (κ3) is 6.38. The Kier molecular flexibility index (Phi) is 10.2. The molecule has 0 spiro atoms. The molecule has 0 fully saturated rings. The van der Waals surface area contributed by atoms with Crippen LogP contribution >= 0.6 is 67.8 Å². The fourth-order valence-electron chi connectivity index (χ4n) is 1.87. The first kappa shape index (κ1) is 24.3. The van der Waals surface area contributed by atoms with E-state index < -0.39 is 23.7 Å². The highest BCUT2D eigenvalue weighted by Gasteiger charge is 2.28. The first-order valence-electron chi connectivity index (χ1n) is 7.45. The molecule has 0 saturated carbocycles.